The molecule has 6 atom stereocenters. The van der Waals surface area contributed by atoms with E-state index in [0.29, 0.717) is 12.8 Å². The van der Waals surface area contributed by atoms with Gasteiger partial charge in [0.15, 0.2) is 0 Å². The first-order valence-electron chi connectivity index (χ1n) is 16.3. The number of aliphatic hydroxyl groups excluding tert-OH is 1. The zero-order valence-electron chi connectivity index (χ0n) is 28.8. The zero-order chi connectivity index (χ0) is 32.6. The summed E-state index contributed by atoms with van der Waals surface area (Å²) < 4.78 is 12.8. The summed E-state index contributed by atoms with van der Waals surface area (Å²) in [6, 6.07) is 0. The fraction of sp³-hybridized carbons (Fsp3) is 0.550. The van der Waals surface area contributed by atoms with E-state index in [4.69, 9.17) is 9.47 Å². The van der Waals surface area contributed by atoms with Gasteiger partial charge in [-0.25, -0.2) is 0 Å². The minimum atomic E-state index is -0.848. The Balaban J connectivity index is 1.29. The van der Waals surface area contributed by atoms with Crippen molar-refractivity contribution in [2.75, 3.05) is 0 Å². The van der Waals surface area contributed by atoms with Gasteiger partial charge in [0, 0.05) is 18.3 Å². The Morgan fingerprint density at radius 3 is 1.89 bits per heavy atom. The van der Waals surface area contributed by atoms with Crippen LogP contribution in [0.25, 0.3) is 0 Å². The number of allylic oxidation sites excluding steroid dienone is 14. The first-order chi connectivity index (χ1) is 20.4. The number of fused-ring (bicyclic) bond motifs is 3. The molecule has 1 saturated carbocycles. The maximum Gasteiger partial charge on any atom is 0.120 e. The molecular formula is C40H56O4. The molecule has 0 aromatic carbocycles. The van der Waals surface area contributed by atoms with Crippen LogP contribution in [0.3, 0.4) is 0 Å². The third kappa shape index (κ3) is 7.15. The van der Waals surface area contributed by atoms with E-state index >= 15 is 0 Å². The number of rotatable bonds is 9. The lowest BCUT2D eigenvalue weighted by atomic mass is 9.61. The van der Waals surface area contributed by atoms with E-state index in [9.17, 15) is 10.2 Å². The normalized spacial score (nSPS) is 37.7. The molecule has 0 spiro atoms. The minimum Gasteiger partial charge on any atom is -0.393 e. The highest BCUT2D eigenvalue weighted by atomic mass is 16.5. The summed E-state index contributed by atoms with van der Waals surface area (Å²) in [5.74, 6) is 0. The Kier molecular flexibility index (Phi) is 9.93. The molecule has 4 aliphatic rings. The van der Waals surface area contributed by atoms with Gasteiger partial charge in [-0.1, -0.05) is 111 Å². The van der Waals surface area contributed by atoms with Gasteiger partial charge in [0.2, 0.25) is 0 Å². The molecule has 3 aliphatic heterocycles. The van der Waals surface area contributed by atoms with E-state index in [-0.39, 0.29) is 34.7 Å². The first-order valence-corrected chi connectivity index (χ1v) is 16.3. The van der Waals surface area contributed by atoms with Gasteiger partial charge >= 0.3 is 0 Å². The predicted molar refractivity (Wildman–Crippen MR) is 183 cm³/mol. The molecular weight excluding hydrogens is 544 g/mol. The molecule has 4 nitrogen and oxygen atoms in total. The van der Waals surface area contributed by atoms with Gasteiger partial charge in [-0.05, 0) is 83.1 Å². The minimum absolute atomic E-state index is 0.0514. The van der Waals surface area contributed by atoms with Crippen LogP contribution in [0.4, 0.5) is 0 Å². The molecule has 2 bridgehead atoms. The maximum atomic E-state index is 11.1. The lowest BCUT2D eigenvalue weighted by Gasteiger charge is -2.46. The molecule has 4 rings (SSSR count). The van der Waals surface area contributed by atoms with Crippen LogP contribution in [-0.2, 0) is 9.47 Å². The fourth-order valence-corrected chi connectivity index (χ4v) is 8.07. The molecule has 4 heteroatoms. The van der Waals surface area contributed by atoms with Crippen LogP contribution in [-0.4, -0.2) is 45.3 Å². The summed E-state index contributed by atoms with van der Waals surface area (Å²) in [4.78, 5) is 0. The highest BCUT2D eigenvalue weighted by Crippen LogP contribution is 2.60. The van der Waals surface area contributed by atoms with Crippen LogP contribution >= 0.6 is 0 Å². The Labute approximate surface area is 267 Å². The van der Waals surface area contributed by atoms with Crippen LogP contribution in [0.5, 0.6) is 0 Å². The van der Waals surface area contributed by atoms with Crippen LogP contribution < -0.4 is 0 Å². The number of hydrogen-bond acceptors (Lipinski definition) is 4. The molecule has 0 aromatic rings. The highest BCUT2D eigenvalue weighted by Gasteiger charge is 2.67. The van der Waals surface area contributed by atoms with E-state index < -0.39 is 11.2 Å². The lowest BCUT2D eigenvalue weighted by Crippen LogP contribution is -2.56. The summed E-state index contributed by atoms with van der Waals surface area (Å²) in [7, 11) is 0. The van der Waals surface area contributed by atoms with Crippen LogP contribution in [0, 0.1) is 10.8 Å². The number of ether oxygens (including phenoxy) is 2. The maximum absolute atomic E-state index is 11.1. The summed E-state index contributed by atoms with van der Waals surface area (Å²) in [5, 5.41) is 21.5. The first kappa shape index (κ1) is 34.4. The van der Waals surface area contributed by atoms with Crippen molar-refractivity contribution >= 4 is 0 Å². The van der Waals surface area contributed by atoms with E-state index in [0.717, 1.165) is 35.1 Å². The largest absolute Gasteiger partial charge is 0.393 e. The fourth-order valence-electron chi connectivity index (χ4n) is 8.07. The average molecular weight is 601 g/mol. The van der Waals surface area contributed by atoms with Gasteiger partial charge in [-0.2, -0.15) is 0 Å². The standard InChI is InChI=1S/C40H56O4/c1-28(17-13-18-30(3)21-22-40-37(7,8)26-33(43-40)27-39(40,10)42)15-11-12-16-29(2)19-14-20-31(4)34-23-35-36(5,6)24-32(41)25-38(35,9)44-34/h11-23,32-34,41-42H,24-27H2,1-10H3/b12-11+,17-13+,19-14+,22-21+,28-15+,29-16+,30-18+,31-20-/t32-,33-,34+,38+,39+,40+/m0/s1. The molecule has 0 aromatic heterocycles. The van der Waals surface area contributed by atoms with Gasteiger partial charge in [0.1, 0.15) is 5.60 Å². The molecule has 1 aliphatic carbocycles. The highest BCUT2D eigenvalue weighted by molar-refractivity contribution is 5.38. The van der Waals surface area contributed by atoms with Crippen LogP contribution in [0.15, 0.2) is 107 Å². The molecule has 3 fully saturated rings. The molecule has 2 saturated heterocycles. The molecule has 3 heterocycles. The van der Waals surface area contributed by atoms with Gasteiger partial charge in [0.25, 0.3) is 0 Å². The summed E-state index contributed by atoms with van der Waals surface area (Å²) >= 11 is 0. The second kappa shape index (κ2) is 12.7. The van der Waals surface area contributed by atoms with Gasteiger partial charge in [0.05, 0.1) is 29.5 Å². The van der Waals surface area contributed by atoms with Crippen molar-refractivity contribution in [3.8, 4) is 0 Å². The molecule has 0 radical (unpaired) electrons. The summed E-state index contributed by atoms with van der Waals surface area (Å²) in [6.45, 7) is 21.2. The van der Waals surface area contributed by atoms with E-state index in [1.165, 1.54) is 5.57 Å². The Morgan fingerprint density at radius 1 is 0.727 bits per heavy atom. The van der Waals surface area contributed by atoms with Crippen molar-refractivity contribution in [3.63, 3.8) is 0 Å². The van der Waals surface area contributed by atoms with Gasteiger partial charge in [-0.15, -0.1) is 0 Å². The molecule has 0 amide bonds. The monoisotopic (exact) mass is 600 g/mol. The molecule has 240 valence electrons. The zero-order valence-corrected chi connectivity index (χ0v) is 28.8. The summed E-state index contributed by atoms with van der Waals surface area (Å²) in [5.41, 5.74) is 3.90. The quantitative estimate of drug-likeness (QED) is 0.205. The molecule has 2 N–H and O–H groups in total. The Hall–Kier alpha value is -2.50. The third-order valence-electron chi connectivity index (χ3n) is 10.2. The van der Waals surface area contributed by atoms with Gasteiger partial charge in [-0.3, -0.25) is 0 Å². The van der Waals surface area contributed by atoms with Crippen molar-refractivity contribution < 1.29 is 19.7 Å². The second-order valence-electron chi connectivity index (χ2n) is 15.4. The number of aliphatic hydroxyl groups is 2. The number of hydrogen-bond donors (Lipinski definition) is 2. The second-order valence-corrected chi connectivity index (χ2v) is 15.4. The van der Waals surface area contributed by atoms with Crippen molar-refractivity contribution in [1.29, 1.82) is 0 Å². The van der Waals surface area contributed by atoms with Crippen molar-refractivity contribution in [2.45, 2.75) is 130 Å². The topological polar surface area (TPSA) is 58.9 Å². The lowest BCUT2D eigenvalue weighted by molar-refractivity contribution is -0.115. The van der Waals surface area contributed by atoms with Gasteiger partial charge < -0.3 is 19.7 Å². The molecule has 0 unspecified atom stereocenters. The SMILES string of the molecule is C/C(=C/C=C/C(C)=C/C=C/C=C(C)/C=C/C=C(C)/C=C/[C@@]12O[C@@H](CC1(C)C)C[C@@]2(C)O)[C@H]1C=C2C(C)(C)C[C@H](O)C[C@@]2(C)O1. The van der Waals surface area contributed by atoms with Crippen molar-refractivity contribution in [2.24, 2.45) is 10.8 Å². The predicted octanol–water partition coefficient (Wildman–Crippen LogP) is 8.97. The van der Waals surface area contributed by atoms with Crippen molar-refractivity contribution in [1.82, 2.24) is 0 Å². The summed E-state index contributed by atoms with van der Waals surface area (Å²) in [6.07, 6.45) is 30.2. The smallest absolute Gasteiger partial charge is 0.120 e. The Morgan fingerprint density at radius 2 is 1.30 bits per heavy atom. The third-order valence-corrected chi connectivity index (χ3v) is 10.2. The Bertz CT molecular complexity index is 1350. The van der Waals surface area contributed by atoms with E-state index in [1.807, 2.05) is 6.92 Å². The average Bonchev–Trinajstić information content (AvgIpc) is 3.47. The molecule has 44 heavy (non-hydrogen) atoms. The van der Waals surface area contributed by atoms with Crippen LogP contribution in [0.2, 0.25) is 0 Å². The van der Waals surface area contributed by atoms with E-state index in [2.05, 4.69) is 141 Å². The van der Waals surface area contributed by atoms with Crippen molar-refractivity contribution in [3.05, 3.63) is 107 Å². The van der Waals surface area contributed by atoms with E-state index in [1.54, 1.807) is 0 Å². The van der Waals surface area contributed by atoms with Crippen LogP contribution in [0.1, 0.15) is 94.9 Å².